The van der Waals surface area contributed by atoms with Gasteiger partial charge in [0.05, 0.1) is 5.52 Å². The van der Waals surface area contributed by atoms with Gasteiger partial charge >= 0.3 is 12.1 Å². The van der Waals surface area contributed by atoms with E-state index in [1.165, 1.54) is 0 Å². The van der Waals surface area contributed by atoms with Crippen molar-refractivity contribution in [1.29, 1.82) is 0 Å². The minimum atomic E-state index is -4.59. The highest BCUT2D eigenvalue weighted by atomic mass is 32.2. The number of hydrogen-bond donors (Lipinski definition) is 1. The van der Waals surface area contributed by atoms with E-state index in [0.29, 0.717) is 5.92 Å². The Balaban J connectivity index is 1.05. The number of oxazole rings is 1. The summed E-state index contributed by atoms with van der Waals surface area (Å²) in [4.78, 5) is 8.27. The lowest BCUT2D eigenvalue weighted by Gasteiger charge is -2.14. The van der Waals surface area contributed by atoms with Gasteiger partial charge in [-0.3, -0.25) is 4.98 Å². The normalized spacial score (nSPS) is 15.9. The molecule has 4 heterocycles. The Kier molecular flexibility index (Phi) is 6.70. The minimum absolute atomic E-state index is 0.154. The van der Waals surface area contributed by atoms with Crippen LogP contribution in [-0.4, -0.2) is 37.0 Å². The minimum Gasteiger partial charge on any atom is -0.433 e. The Hall–Kier alpha value is -3.60. The molecule has 6 rings (SSSR count). The van der Waals surface area contributed by atoms with Crippen molar-refractivity contribution in [1.82, 2.24) is 24.7 Å². The molecule has 1 N–H and O–H groups in total. The smallest absolute Gasteiger partial charge is 0.433 e. The number of benzene rings is 2. The number of fused-ring (bicyclic) bond motifs is 3. The Bertz CT molecular complexity index is 1620. The number of pyridine rings is 1. The molecule has 1 aliphatic rings. The predicted octanol–water partition coefficient (Wildman–Crippen LogP) is 7.05. The van der Waals surface area contributed by atoms with E-state index < -0.39 is 12.1 Å². The number of nitrogens with one attached hydrogen (secondary N) is 1. The van der Waals surface area contributed by atoms with Crippen molar-refractivity contribution in [3.63, 3.8) is 0 Å². The highest BCUT2D eigenvalue weighted by Crippen LogP contribution is 2.35. The van der Waals surface area contributed by atoms with Gasteiger partial charge in [0, 0.05) is 47.7 Å². The van der Waals surface area contributed by atoms with E-state index in [1.807, 2.05) is 36.7 Å². The maximum Gasteiger partial charge on any atom is 0.468 e. The van der Waals surface area contributed by atoms with Crippen LogP contribution in [0.1, 0.15) is 36.4 Å². The highest BCUT2D eigenvalue weighted by molar-refractivity contribution is 7.99. The zero-order chi connectivity index (χ0) is 27.1. The second-order valence-corrected chi connectivity index (χ2v) is 11.0. The molecule has 3 aromatic heterocycles. The van der Waals surface area contributed by atoms with Crippen LogP contribution in [0.25, 0.3) is 33.4 Å². The lowest BCUT2D eigenvalue weighted by molar-refractivity contribution is -0.156. The lowest BCUT2D eigenvalue weighted by Crippen LogP contribution is -2.12. The van der Waals surface area contributed by atoms with E-state index >= 15 is 0 Å². The first-order valence-electron chi connectivity index (χ1n) is 12.9. The standard InChI is InChI=1S/C28H27F3N6OS/c1-16-8-11-19-20(6-3-7-21(19)33-16)25-35-36-27(37(25)2)39-12-4-5-17-9-10-18-13-23-24(14-22(18)32-15-17)38-26(34-23)28(29,30)31/h3,6-8,11,13-14,17,32H,4-5,9-10,12,15H2,1-2H3. The molecule has 1 aliphatic heterocycles. The molecule has 0 saturated carbocycles. The molecular formula is C28H27F3N6OS. The first-order chi connectivity index (χ1) is 18.8. The van der Waals surface area contributed by atoms with Crippen molar-refractivity contribution in [2.24, 2.45) is 13.0 Å². The van der Waals surface area contributed by atoms with E-state index in [-0.39, 0.29) is 11.1 Å². The van der Waals surface area contributed by atoms with Gasteiger partial charge in [0.1, 0.15) is 5.52 Å². The van der Waals surface area contributed by atoms with Gasteiger partial charge in [-0.1, -0.05) is 30.0 Å². The van der Waals surface area contributed by atoms with E-state index in [2.05, 4.69) is 37.6 Å². The summed E-state index contributed by atoms with van der Waals surface area (Å²) in [6.45, 7) is 2.75. The van der Waals surface area contributed by atoms with Crippen LogP contribution in [0, 0.1) is 12.8 Å². The topological polar surface area (TPSA) is 81.7 Å². The molecule has 39 heavy (non-hydrogen) atoms. The fourth-order valence-corrected chi connectivity index (χ4v) is 6.01. The number of aryl methyl sites for hydroxylation is 2. The molecule has 0 aliphatic carbocycles. The Morgan fingerprint density at radius 3 is 2.82 bits per heavy atom. The van der Waals surface area contributed by atoms with E-state index in [9.17, 15) is 13.2 Å². The lowest BCUT2D eigenvalue weighted by atomic mass is 9.97. The maximum absolute atomic E-state index is 13.0. The quantitative estimate of drug-likeness (QED) is 0.179. The number of nitrogens with zero attached hydrogens (tertiary/aromatic N) is 5. The Morgan fingerprint density at radius 1 is 1.10 bits per heavy atom. The molecule has 0 bridgehead atoms. The number of anilines is 1. The third kappa shape index (κ3) is 5.19. The Labute approximate surface area is 227 Å². The van der Waals surface area contributed by atoms with Crippen LogP contribution in [0.2, 0.25) is 0 Å². The molecule has 1 unspecified atom stereocenters. The zero-order valence-corrected chi connectivity index (χ0v) is 22.4. The van der Waals surface area contributed by atoms with Crippen LogP contribution in [0.3, 0.4) is 0 Å². The van der Waals surface area contributed by atoms with Gasteiger partial charge in [0.25, 0.3) is 0 Å². The first-order valence-corrected chi connectivity index (χ1v) is 13.9. The Morgan fingerprint density at radius 2 is 1.97 bits per heavy atom. The van der Waals surface area contributed by atoms with E-state index in [0.717, 1.165) is 82.4 Å². The molecular weight excluding hydrogens is 525 g/mol. The van der Waals surface area contributed by atoms with Gasteiger partial charge in [0.15, 0.2) is 16.6 Å². The molecule has 5 aromatic rings. The van der Waals surface area contributed by atoms with Crippen LogP contribution in [0.4, 0.5) is 18.9 Å². The average molecular weight is 553 g/mol. The molecule has 0 radical (unpaired) electrons. The molecule has 0 spiro atoms. The third-order valence-electron chi connectivity index (χ3n) is 7.19. The van der Waals surface area contributed by atoms with Crippen molar-refractivity contribution >= 4 is 39.5 Å². The van der Waals surface area contributed by atoms with Gasteiger partial charge in [-0.15, -0.1) is 10.2 Å². The molecule has 0 saturated heterocycles. The van der Waals surface area contributed by atoms with E-state index in [4.69, 9.17) is 4.42 Å². The number of aromatic nitrogens is 5. The van der Waals surface area contributed by atoms with Crippen LogP contribution < -0.4 is 5.32 Å². The second kappa shape index (κ2) is 10.2. The SMILES string of the molecule is Cc1ccc2c(-c3nnc(SCCCC4CCc5cc6nc(C(F)(F)F)oc6cc5NC4)n3C)cccc2n1. The summed E-state index contributed by atoms with van der Waals surface area (Å²) in [6, 6.07) is 13.5. The number of hydrogen-bond acceptors (Lipinski definition) is 7. The molecule has 0 amide bonds. The van der Waals surface area contributed by atoms with Crippen LogP contribution in [-0.2, 0) is 19.6 Å². The monoisotopic (exact) mass is 552 g/mol. The second-order valence-electron chi connectivity index (χ2n) is 9.96. The molecule has 1 atom stereocenters. The van der Waals surface area contributed by atoms with Crippen molar-refractivity contribution in [2.75, 3.05) is 17.6 Å². The molecule has 7 nitrogen and oxygen atoms in total. The summed E-state index contributed by atoms with van der Waals surface area (Å²) in [6.07, 6.45) is -0.781. The molecule has 202 valence electrons. The number of alkyl halides is 3. The number of rotatable bonds is 6. The fourth-order valence-electron chi connectivity index (χ4n) is 5.13. The first kappa shape index (κ1) is 25.7. The van der Waals surface area contributed by atoms with Crippen LogP contribution >= 0.6 is 11.8 Å². The summed E-state index contributed by atoms with van der Waals surface area (Å²) in [5.74, 6) is 1.00. The van der Waals surface area contributed by atoms with Gasteiger partial charge in [0.2, 0.25) is 0 Å². The summed E-state index contributed by atoms with van der Waals surface area (Å²) in [5.41, 5.74) is 5.15. The maximum atomic E-state index is 13.0. The van der Waals surface area contributed by atoms with Crippen molar-refractivity contribution in [3.05, 3.63) is 59.6 Å². The van der Waals surface area contributed by atoms with Crippen LogP contribution in [0.15, 0.2) is 52.0 Å². The number of halogens is 3. The summed E-state index contributed by atoms with van der Waals surface area (Å²) in [7, 11) is 1.99. The predicted molar refractivity (Wildman–Crippen MR) is 146 cm³/mol. The summed E-state index contributed by atoms with van der Waals surface area (Å²) >= 11 is 1.70. The summed E-state index contributed by atoms with van der Waals surface area (Å²) < 4.78 is 45.9. The molecule has 11 heteroatoms. The largest absolute Gasteiger partial charge is 0.468 e. The van der Waals surface area contributed by atoms with Gasteiger partial charge in [-0.25, -0.2) is 4.98 Å². The molecule has 2 aromatic carbocycles. The summed E-state index contributed by atoms with van der Waals surface area (Å²) in [5, 5.41) is 14.3. The number of thioether (sulfide) groups is 1. The van der Waals surface area contributed by atoms with Crippen molar-refractivity contribution in [2.45, 2.75) is 43.9 Å². The third-order valence-corrected chi connectivity index (χ3v) is 8.30. The van der Waals surface area contributed by atoms with Crippen molar-refractivity contribution in [3.8, 4) is 11.4 Å². The van der Waals surface area contributed by atoms with Gasteiger partial charge < -0.3 is 14.3 Å². The zero-order valence-electron chi connectivity index (χ0n) is 21.5. The van der Waals surface area contributed by atoms with Crippen molar-refractivity contribution < 1.29 is 17.6 Å². The molecule has 0 fully saturated rings. The van der Waals surface area contributed by atoms with Crippen LogP contribution in [0.5, 0.6) is 0 Å². The van der Waals surface area contributed by atoms with Gasteiger partial charge in [-0.2, -0.15) is 13.2 Å². The fraction of sp³-hybridized carbons (Fsp3) is 0.357. The highest BCUT2D eigenvalue weighted by Gasteiger charge is 2.37. The van der Waals surface area contributed by atoms with E-state index in [1.54, 1.807) is 23.9 Å². The van der Waals surface area contributed by atoms with Gasteiger partial charge in [-0.05, 0) is 62.3 Å². The average Bonchev–Trinajstić information content (AvgIpc) is 3.43.